The highest BCUT2D eigenvalue weighted by molar-refractivity contribution is 8.00. The number of carboxylic acids is 1. The number of halogens is 1. The van der Waals surface area contributed by atoms with Crippen molar-refractivity contribution in [1.29, 1.82) is 0 Å². The molecule has 0 radical (unpaired) electrons. The number of carbonyl (C=O) groups is 4. The maximum Gasteiger partial charge on any atom is 0.347 e. The van der Waals surface area contributed by atoms with E-state index < -0.39 is 52.1 Å². The molecule has 2 aliphatic rings. The summed E-state index contributed by atoms with van der Waals surface area (Å²) in [5.41, 5.74) is 5.01. The number of anilines is 1. The highest BCUT2D eigenvalue weighted by Gasteiger charge is 2.53. The summed E-state index contributed by atoms with van der Waals surface area (Å²) in [5, 5.41) is 14.7. The number of thioether (sulfide) groups is 1. The van der Waals surface area contributed by atoms with Crippen molar-refractivity contribution in [1.82, 2.24) is 25.2 Å². The second-order valence-electron chi connectivity index (χ2n) is 9.02. The van der Waals surface area contributed by atoms with Crippen LogP contribution in [-0.4, -0.2) is 78.0 Å². The Morgan fingerprint density at radius 3 is 2.71 bits per heavy atom. The van der Waals surface area contributed by atoms with E-state index in [9.17, 15) is 28.8 Å². The first kappa shape index (κ1) is 29.0. The van der Waals surface area contributed by atoms with Crippen LogP contribution in [0.5, 0.6) is 0 Å². The van der Waals surface area contributed by atoms with Crippen molar-refractivity contribution in [2.24, 2.45) is 5.16 Å². The third-order valence-electron chi connectivity index (χ3n) is 6.28. The Labute approximate surface area is 247 Å². The number of amides is 2. The minimum absolute atomic E-state index is 0.000905. The maximum atomic E-state index is 13.2. The largest absolute Gasteiger partial charge is 0.478 e. The van der Waals surface area contributed by atoms with Gasteiger partial charge >= 0.3 is 17.1 Å². The van der Waals surface area contributed by atoms with Crippen LogP contribution < -0.4 is 26.7 Å². The number of carboxylic acid groups (broad SMARTS) is 1. The van der Waals surface area contributed by atoms with Crippen LogP contribution in [0.25, 0.3) is 11.0 Å². The molecule has 3 atom stereocenters. The van der Waals surface area contributed by atoms with Gasteiger partial charge in [-0.3, -0.25) is 28.9 Å². The van der Waals surface area contributed by atoms with Gasteiger partial charge < -0.3 is 31.0 Å². The van der Waals surface area contributed by atoms with E-state index in [4.69, 9.17) is 27.3 Å². The van der Waals surface area contributed by atoms with Gasteiger partial charge in [0.15, 0.2) is 36.1 Å². The molecule has 0 spiro atoms. The fraction of sp³-hybridized carbons (Fsp3) is 0.261. The Morgan fingerprint density at radius 2 is 2.07 bits per heavy atom. The molecule has 6 N–H and O–H groups in total. The Balaban J connectivity index is 1.35. The van der Waals surface area contributed by atoms with E-state index in [0.29, 0.717) is 28.6 Å². The van der Waals surface area contributed by atoms with E-state index in [1.165, 1.54) is 23.6 Å². The summed E-state index contributed by atoms with van der Waals surface area (Å²) in [6.07, 6.45) is 2.39. The van der Waals surface area contributed by atoms with Crippen molar-refractivity contribution >= 4 is 80.6 Å². The van der Waals surface area contributed by atoms with Gasteiger partial charge in [-0.15, -0.1) is 11.8 Å². The second-order valence-corrected chi connectivity index (χ2v) is 11.8. The third kappa shape index (κ3) is 5.38. The Bertz CT molecular complexity index is 1830. The number of nitrogen functional groups attached to an aromatic ring is 1. The lowest BCUT2D eigenvalue weighted by molar-refractivity contribution is -0.687. The number of β-lactam (4-membered cyclic amide) rings is 1. The first-order chi connectivity index (χ1) is 20.0. The van der Waals surface area contributed by atoms with Gasteiger partial charge in [0.05, 0.1) is 11.2 Å². The average molecular weight is 636 g/mol. The molecule has 42 heavy (non-hydrogen) atoms. The fourth-order valence-electron chi connectivity index (χ4n) is 4.19. The molecule has 0 aromatic carbocycles. The lowest BCUT2D eigenvalue weighted by Gasteiger charge is -2.49. The predicted molar refractivity (Wildman–Crippen MR) is 150 cm³/mol. The van der Waals surface area contributed by atoms with Crippen molar-refractivity contribution in [3.05, 3.63) is 60.5 Å². The highest BCUT2D eigenvalue weighted by Crippen LogP contribution is 2.39. The van der Waals surface area contributed by atoms with E-state index in [-0.39, 0.29) is 27.4 Å². The molecule has 3 aromatic rings. The molecule has 2 unspecified atom stereocenters. The molecule has 0 aliphatic carbocycles. The molecule has 1 saturated heterocycles. The number of thiazole rings is 1. The molecule has 2 amide bonds. The van der Waals surface area contributed by atoms with Crippen LogP contribution >= 0.6 is 34.7 Å². The molecule has 16 nitrogen and oxygen atoms in total. The van der Waals surface area contributed by atoms with Gasteiger partial charge in [-0.1, -0.05) is 28.1 Å². The standard InChI is InChI=1S/C23H19ClN8O8S2/c1-8(22(38)39)40-30-14(13-16(24)42-23(25)29-13)17(34)28-15-20(37)32-12(6-33)9(7-41-21(15)32)4-31-3-2-10-11(5-31)27-19(36)18(35)26-10/h2-3,5-6,8,15,21H,4,7H2,1H3,(H5,25,27,28,29,34,36,38,39)/p+1/b30-14-/t8-,15?,21?/m0/s1. The molecule has 3 aromatic heterocycles. The number of aldehydes is 1. The lowest BCUT2D eigenvalue weighted by Crippen LogP contribution is -2.70. The molecule has 218 valence electrons. The summed E-state index contributed by atoms with van der Waals surface area (Å²) in [6, 6.07) is 0.543. The van der Waals surface area contributed by atoms with Gasteiger partial charge in [0, 0.05) is 17.4 Å². The SMILES string of the molecule is C[C@H](O/N=C(\C(=O)NC1C(=O)N2C(C=O)=C(C[n+]3ccc4[nH]c(=O)c(=O)[nH]c4c3)CSC12)c1nc(N)sc1Cl)C(=O)O. The molecule has 19 heteroatoms. The monoisotopic (exact) mass is 635 g/mol. The van der Waals surface area contributed by atoms with Gasteiger partial charge in [0.2, 0.25) is 6.10 Å². The molecule has 1 fully saturated rings. The van der Waals surface area contributed by atoms with Crippen LogP contribution in [-0.2, 0) is 30.6 Å². The second kappa shape index (κ2) is 11.4. The van der Waals surface area contributed by atoms with E-state index in [2.05, 4.69) is 25.4 Å². The topological polar surface area (TPSA) is 234 Å². The summed E-state index contributed by atoms with van der Waals surface area (Å²) < 4.78 is 1.68. The van der Waals surface area contributed by atoms with Gasteiger partial charge in [0.1, 0.15) is 27.0 Å². The van der Waals surface area contributed by atoms with Crippen LogP contribution in [0.15, 0.2) is 44.5 Å². The summed E-state index contributed by atoms with van der Waals surface area (Å²) in [6.45, 7) is 1.40. The number of nitrogens with one attached hydrogen (secondary N) is 3. The molecule has 0 saturated carbocycles. The number of allylic oxidation sites excluding steroid dienone is 1. The molecule has 2 aliphatic heterocycles. The number of hydrogen-bond acceptors (Lipinski definition) is 12. The van der Waals surface area contributed by atoms with Crippen LogP contribution in [0.1, 0.15) is 12.6 Å². The zero-order valence-corrected chi connectivity index (χ0v) is 23.7. The van der Waals surface area contributed by atoms with Gasteiger partial charge in [-0.2, -0.15) is 4.57 Å². The van der Waals surface area contributed by atoms with Crippen molar-refractivity contribution in [2.75, 3.05) is 11.5 Å². The van der Waals surface area contributed by atoms with Crippen LogP contribution in [0.2, 0.25) is 4.34 Å². The van der Waals surface area contributed by atoms with Gasteiger partial charge in [-0.05, 0) is 6.92 Å². The number of aromatic nitrogens is 4. The van der Waals surface area contributed by atoms with Crippen molar-refractivity contribution in [3.63, 3.8) is 0 Å². The number of rotatable bonds is 9. The van der Waals surface area contributed by atoms with Crippen molar-refractivity contribution in [2.45, 2.75) is 31.0 Å². The zero-order valence-electron chi connectivity index (χ0n) is 21.3. The summed E-state index contributed by atoms with van der Waals surface area (Å²) >= 11 is 8.30. The molecule has 5 rings (SSSR count). The maximum absolute atomic E-state index is 13.2. The average Bonchev–Trinajstić information content (AvgIpc) is 3.29. The smallest absolute Gasteiger partial charge is 0.347 e. The number of aromatic amines is 2. The van der Waals surface area contributed by atoms with E-state index in [0.717, 1.165) is 11.3 Å². The van der Waals surface area contributed by atoms with Crippen LogP contribution in [0.3, 0.4) is 0 Å². The predicted octanol–water partition coefficient (Wildman–Crippen LogP) is -1.06. The number of nitrogens with zero attached hydrogens (tertiary/aromatic N) is 4. The summed E-state index contributed by atoms with van der Waals surface area (Å²) in [4.78, 5) is 87.9. The van der Waals surface area contributed by atoms with Crippen LogP contribution in [0, 0.1) is 0 Å². The van der Waals surface area contributed by atoms with Crippen LogP contribution in [0.4, 0.5) is 5.13 Å². The summed E-state index contributed by atoms with van der Waals surface area (Å²) in [5.74, 6) is -2.48. The fourth-order valence-corrected chi connectivity index (χ4v) is 6.47. The lowest BCUT2D eigenvalue weighted by atomic mass is 10.0. The van der Waals surface area contributed by atoms with Gasteiger partial charge in [0.25, 0.3) is 11.8 Å². The first-order valence-electron chi connectivity index (χ1n) is 12.0. The normalized spacial score (nSPS) is 19.2. The van der Waals surface area contributed by atoms with Gasteiger partial charge in [-0.25, -0.2) is 9.78 Å². The Kier molecular flexibility index (Phi) is 7.85. The Morgan fingerprint density at radius 1 is 1.36 bits per heavy atom. The number of aliphatic carboxylic acids is 1. The number of H-pyrrole nitrogens is 2. The number of pyridine rings is 1. The van der Waals surface area contributed by atoms with E-state index >= 15 is 0 Å². The highest BCUT2D eigenvalue weighted by atomic mass is 35.5. The van der Waals surface area contributed by atoms with Crippen molar-refractivity contribution in [3.8, 4) is 0 Å². The molecular formula is C23H20ClN8O8S2+. The quantitative estimate of drug-likeness (QED) is 0.0475. The third-order valence-corrected chi connectivity index (χ3v) is 8.70. The van der Waals surface area contributed by atoms with E-state index in [1.807, 2.05) is 0 Å². The minimum atomic E-state index is -1.40. The van der Waals surface area contributed by atoms with Crippen molar-refractivity contribution < 1.29 is 33.7 Å². The molecule has 5 heterocycles. The number of oxime groups is 1. The molecule has 0 bridgehead atoms. The minimum Gasteiger partial charge on any atom is -0.478 e. The zero-order chi connectivity index (χ0) is 30.3. The summed E-state index contributed by atoms with van der Waals surface area (Å²) in [7, 11) is 0. The number of hydrogen-bond donors (Lipinski definition) is 5. The number of nitrogens with two attached hydrogens (primary N) is 1. The van der Waals surface area contributed by atoms with E-state index in [1.54, 1.807) is 23.0 Å². The first-order valence-corrected chi connectivity index (χ1v) is 14.2. The Hall–Kier alpha value is -4.55. The molecular weight excluding hydrogens is 616 g/mol. The number of fused-ring (bicyclic) bond motifs is 2. The number of carbonyl (C=O) groups excluding carboxylic acids is 3.